The van der Waals surface area contributed by atoms with E-state index in [2.05, 4.69) is 11.9 Å². The number of hydrogen-bond donors (Lipinski definition) is 1. The topological polar surface area (TPSA) is 47.6 Å². The van der Waals surface area contributed by atoms with E-state index in [9.17, 15) is 4.79 Å². The quantitative estimate of drug-likeness (QED) is 0.356. The Kier molecular flexibility index (Phi) is 9.11. The van der Waals surface area contributed by atoms with Gasteiger partial charge in [-0.1, -0.05) is 12.2 Å². The summed E-state index contributed by atoms with van der Waals surface area (Å²) in [6.07, 6.45) is 0.411. The molecule has 0 aromatic heterocycles. The molecular formula is C11H21NO3. The molecule has 0 radical (unpaired) electrons. The van der Waals surface area contributed by atoms with Crippen molar-refractivity contribution in [3.63, 3.8) is 0 Å². The lowest BCUT2D eigenvalue weighted by Gasteiger charge is -2.05. The average molecular weight is 215 g/mol. The highest BCUT2D eigenvalue weighted by Crippen LogP contribution is 1.87. The largest absolute Gasteiger partial charge is 0.466 e. The Morgan fingerprint density at radius 1 is 1.40 bits per heavy atom. The normalized spacial score (nSPS) is 10.0. The lowest BCUT2D eigenvalue weighted by atomic mass is 10.4. The molecule has 0 atom stereocenters. The SMILES string of the molecule is C=C(C)COCCNCCC(=O)OCC. The predicted octanol–water partition coefficient (Wildman–Crippen LogP) is 1.12. The number of hydrogen-bond acceptors (Lipinski definition) is 4. The molecule has 88 valence electrons. The van der Waals surface area contributed by atoms with Gasteiger partial charge in [0.2, 0.25) is 0 Å². The minimum absolute atomic E-state index is 0.159. The number of esters is 1. The van der Waals surface area contributed by atoms with E-state index in [1.807, 2.05) is 6.92 Å². The number of carbonyl (C=O) groups is 1. The molecule has 1 N–H and O–H groups in total. The van der Waals surface area contributed by atoms with Crippen molar-refractivity contribution >= 4 is 5.97 Å². The zero-order valence-electron chi connectivity index (χ0n) is 9.67. The van der Waals surface area contributed by atoms with Crippen molar-refractivity contribution in [1.82, 2.24) is 5.32 Å². The van der Waals surface area contributed by atoms with E-state index < -0.39 is 0 Å². The van der Waals surface area contributed by atoms with Gasteiger partial charge in [-0.2, -0.15) is 0 Å². The van der Waals surface area contributed by atoms with Gasteiger partial charge in [-0.05, 0) is 13.8 Å². The third-order valence-electron chi connectivity index (χ3n) is 1.58. The molecular weight excluding hydrogens is 194 g/mol. The van der Waals surface area contributed by atoms with Crippen LogP contribution in [0.3, 0.4) is 0 Å². The molecule has 0 aliphatic heterocycles. The summed E-state index contributed by atoms with van der Waals surface area (Å²) in [5.74, 6) is -0.159. The molecule has 0 bridgehead atoms. The van der Waals surface area contributed by atoms with Gasteiger partial charge in [-0.3, -0.25) is 4.79 Å². The maximum atomic E-state index is 10.9. The molecule has 0 aromatic rings. The second-order valence-electron chi connectivity index (χ2n) is 3.31. The van der Waals surface area contributed by atoms with Crippen molar-refractivity contribution in [3.8, 4) is 0 Å². The van der Waals surface area contributed by atoms with Crippen molar-refractivity contribution < 1.29 is 14.3 Å². The van der Waals surface area contributed by atoms with Crippen LogP contribution >= 0.6 is 0 Å². The molecule has 0 aliphatic carbocycles. The van der Waals surface area contributed by atoms with E-state index >= 15 is 0 Å². The Hall–Kier alpha value is -0.870. The first kappa shape index (κ1) is 14.1. The van der Waals surface area contributed by atoms with Gasteiger partial charge in [-0.25, -0.2) is 0 Å². The molecule has 0 heterocycles. The number of rotatable bonds is 9. The summed E-state index contributed by atoms with van der Waals surface area (Å²) < 4.78 is 10.1. The van der Waals surface area contributed by atoms with Crippen LogP contribution in [0.2, 0.25) is 0 Å². The van der Waals surface area contributed by atoms with E-state index in [4.69, 9.17) is 9.47 Å². The van der Waals surface area contributed by atoms with Gasteiger partial charge in [0.05, 0.1) is 26.2 Å². The van der Waals surface area contributed by atoms with Crippen LogP contribution in [0.25, 0.3) is 0 Å². The van der Waals surface area contributed by atoms with Crippen LogP contribution in [-0.2, 0) is 14.3 Å². The van der Waals surface area contributed by atoms with E-state index in [0.717, 1.165) is 12.1 Å². The third kappa shape index (κ3) is 11.1. The fourth-order valence-electron chi connectivity index (χ4n) is 0.939. The van der Waals surface area contributed by atoms with Crippen LogP contribution in [0.1, 0.15) is 20.3 Å². The highest BCUT2D eigenvalue weighted by Gasteiger charge is 1.99. The lowest BCUT2D eigenvalue weighted by Crippen LogP contribution is -2.23. The van der Waals surface area contributed by atoms with Crippen LogP contribution in [0.15, 0.2) is 12.2 Å². The van der Waals surface area contributed by atoms with Gasteiger partial charge in [0.25, 0.3) is 0 Å². The Morgan fingerprint density at radius 2 is 2.13 bits per heavy atom. The van der Waals surface area contributed by atoms with E-state index in [1.165, 1.54) is 0 Å². The number of nitrogens with one attached hydrogen (secondary N) is 1. The second kappa shape index (κ2) is 9.68. The Morgan fingerprint density at radius 3 is 2.73 bits per heavy atom. The summed E-state index contributed by atoms with van der Waals surface area (Å²) in [6.45, 7) is 10.5. The Balaban J connectivity index is 3.11. The lowest BCUT2D eigenvalue weighted by molar-refractivity contribution is -0.142. The molecule has 0 aliphatic rings. The number of ether oxygens (including phenoxy) is 2. The summed E-state index contributed by atoms with van der Waals surface area (Å²) in [4.78, 5) is 10.9. The monoisotopic (exact) mass is 215 g/mol. The Bertz CT molecular complexity index is 192. The fraction of sp³-hybridized carbons (Fsp3) is 0.727. The van der Waals surface area contributed by atoms with E-state index in [0.29, 0.717) is 32.8 Å². The van der Waals surface area contributed by atoms with Gasteiger partial charge in [0.15, 0.2) is 0 Å². The molecule has 15 heavy (non-hydrogen) atoms. The van der Waals surface area contributed by atoms with Crippen LogP contribution < -0.4 is 5.32 Å². The Labute approximate surface area is 91.6 Å². The summed E-state index contributed by atoms with van der Waals surface area (Å²) in [6, 6.07) is 0. The zero-order chi connectivity index (χ0) is 11.5. The van der Waals surface area contributed by atoms with Gasteiger partial charge in [-0.15, -0.1) is 0 Å². The zero-order valence-corrected chi connectivity index (χ0v) is 9.67. The van der Waals surface area contributed by atoms with Crippen molar-refractivity contribution in [1.29, 1.82) is 0 Å². The molecule has 4 nitrogen and oxygen atoms in total. The van der Waals surface area contributed by atoms with Crippen molar-refractivity contribution in [2.45, 2.75) is 20.3 Å². The summed E-state index contributed by atoms with van der Waals surface area (Å²) in [7, 11) is 0. The minimum atomic E-state index is -0.159. The molecule has 0 amide bonds. The maximum Gasteiger partial charge on any atom is 0.307 e. The highest BCUT2D eigenvalue weighted by atomic mass is 16.5. The van der Waals surface area contributed by atoms with Crippen LogP contribution in [0, 0.1) is 0 Å². The average Bonchev–Trinajstić information content (AvgIpc) is 2.16. The highest BCUT2D eigenvalue weighted by molar-refractivity contribution is 5.69. The van der Waals surface area contributed by atoms with E-state index in [-0.39, 0.29) is 5.97 Å². The molecule has 0 saturated carbocycles. The molecule has 0 aromatic carbocycles. The summed E-state index contributed by atoms with van der Waals surface area (Å²) in [5.41, 5.74) is 1.02. The van der Waals surface area contributed by atoms with Crippen molar-refractivity contribution in [3.05, 3.63) is 12.2 Å². The molecule has 0 fully saturated rings. The van der Waals surface area contributed by atoms with Crippen molar-refractivity contribution in [2.24, 2.45) is 0 Å². The molecule has 4 heteroatoms. The second-order valence-corrected chi connectivity index (χ2v) is 3.31. The predicted molar refractivity (Wildman–Crippen MR) is 59.8 cm³/mol. The van der Waals surface area contributed by atoms with Gasteiger partial charge in [0.1, 0.15) is 0 Å². The fourth-order valence-corrected chi connectivity index (χ4v) is 0.939. The van der Waals surface area contributed by atoms with Crippen LogP contribution in [-0.4, -0.2) is 38.9 Å². The van der Waals surface area contributed by atoms with Crippen LogP contribution in [0.5, 0.6) is 0 Å². The smallest absolute Gasteiger partial charge is 0.307 e. The molecule has 0 saturated heterocycles. The van der Waals surface area contributed by atoms with Crippen LogP contribution in [0.4, 0.5) is 0 Å². The standard InChI is InChI=1S/C11H21NO3/c1-4-15-11(13)5-6-12-7-8-14-9-10(2)3/h12H,2,4-9H2,1,3H3. The first-order valence-corrected chi connectivity index (χ1v) is 5.25. The molecule has 0 rings (SSSR count). The number of carbonyl (C=O) groups excluding carboxylic acids is 1. The molecule has 0 spiro atoms. The van der Waals surface area contributed by atoms with Gasteiger partial charge < -0.3 is 14.8 Å². The summed E-state index contributed by atoms with van der Waals surface area (Å²) in [5, 5.41) is 3.09. The van der Waals surface area contributed by atoms with Gasteiger partial charge in [0, 0.05) is 13.1 Å². The molecule has 0 unspecified atom stereocenters. The minimum Gasteiger partial charge on any atom is -0.466 e. The first-order chi connectivity index (χ1) is 7.16. The van der Waals surface area contributed by atoms with E-state index in [1.54, 1.807) is 6.92 Å². The maximum absolute atomic E-state index is 10.9. The van der Waals surface area contributed by atoms with Gasteiger partial charge >= 0.3 is 5.97 Å². The first-order valence-electron chi connectivity index (χ1n) is 5.25. The summed E-state index contributed by atoms with van der Waals surface area (Å²) >= 11 is 0. The van der Waals surface area contributed by atoms with Crippen molar-refractivity contribution in [2.75, 3.05) is 32.9 Å². The third-order valence-corrected chi connectivity index (χ3v) is 1.58.